The van der Waals surface area contributed by atoms with Crippen molar-refractivity contribution in [1.82, 2.24) is 0 Å². The van der Waals surface area contributed by atoms with E-state index in [1.165, 1.54) is 25.7 Å². The van der Waals surface area contributed by atoms with E-state index in [4.69, 9.17) is 18.9 Å². The van der Waals surface area contributed by atoms with Crippen molar-refractivity contribution in [2.24, 2.45) is 5.92 Å². The summed E-state index contributed by atoms with van der Waals surface area (Å²) in [5.74, 6) is 0.810. The molecule has 4 heteroatoms. The predicted molar refractivity (Wildman–Crippen MR) is 128 cm³/mol. The molecular formula is C26H54O4. The van der Waals surface area contributed by atoms with E-state index in [1.807, 2.05) is 0 Å². The van der Waals surface area contributed by atoms with Crippen LogP contribution in [-0.2, 0) is 18.9 Å². The van der Waals surface area contributed by atoms with Crippen LogP contribution in [0.1, 0.15) is 114 Å². The summed E-state index contributed by atoms with van der Waals surface area (Å²) in [6, 6.07) is 0. The van der Waals surface area contributed by atoms with Crippen LogP contribution in [-0.4, -0.2) is 49.3 Å². The van der Waals surface area contributed by atoms with E-state index in [1.54, 1.807) is 0 Å². The molecule has 0 radical (unpaired) electrons. The molecule has 0 bridgehead atoms. The monoisotopic (exact) mass is 430 g/mol. The SMILES string of the molecule is CCC(C)CCCCC(COC(C)(C)CCOC(C)C)OC(C)(C)CCOC(C)C. The number of hydrogen-bond acceptors (Lipinski definition) is 4. The van der Waals surface area contributed by atoms with Gasteiger partial charge in [-0.2, -0.15) is 0 Å². The Hall–Kier alpha value is -0.160. The standard InChI is InChI=1S/C26H54O4/c1-11-23(6)14-12-13-15-24(30-26(9,10)17-19-28-22(4)5)20-29-25(7,8)16-18-27-21(2)3/h21-24H,11-20H2,1-10H3. The maximum Gasteiger partial charge on any atom is 0.0816 e. The fraction of sp³-hybridized carbons (Fsp3) is 1.00. The van der Waals surface area contributed by atoms with Crippen LogP contribution in [0.2, 0.25) is 0 Å². The van der Waals surface area contributed by atoms with Crippen molar-refractivity contribution in [1.29, 1.82) is 0 Å². The van der Waals surface area contributed by atoms with E-state index in [0.717, 1.165) is 38.4 Å². The van der Waals surface area contributed by atoms with Gasteiger partial charge in [-0.3, -0.25) is 0 Å². The second-order valence-corrected chi connectivity index (χ2v) is 10.7. The van der Waals surface area contributed by atoms with Gasteiger partial charge in [0.15, 0.2) is 0 Å². The summed E-state index contributed by atoms with van der Waals surface area (Å²) in [5.41, 5.74) is -0.428. The van der Waals surface area contributed by atoms with E-state index < -0.39 is 0 Å². The molecule has 0 fully saturated rings. The average molecular weight is 431 g/mol. The van der Waals surface area contributed by atoms with Crippen LogP contribution in [0.15, 0.2) is 0 Å². The van der Waals surface area contributed by atoms with E-state index in [0.29, 0.717) is 6.61 Å². The van der Waals surface area contributed by atoms with Gasteiger partial charge in [0, 0.05) is 13.2 Å². The molecular weight excluding hydrogens is 376 g/mol. The summed E-state index contributed by atoms with van der Waals surface area (Å²) in [6.45, 7) is 23.6. The molecule has 0 aliphatic heterocycles. The summed E-state index contributed by atoms with van der Waals surface area (Å²) < 4.78 is 24.3. The summed E-state index contributed by atoms with van der Waals surface area (Å²) in [6.07, 6.45) is 8.46. The first-order chi connectivity index (χ1) is 13.9. The molecule has 0 aliphatic carbocycles. The van der Waals surface area contributed by atoms with Crippen molar-refractivity contribution in [2.75, 3.05) is 19.8 Å². The maximum atomic E-state index is 6.56. The Labute approximate surface area is 188 Å². The maximum absolute atomic E-state index is 6.56. The van der Waals surface area contributed by atoms with Crippen LogP contribution in [0.3, 0.4) is 0 Å². The molecule has 0 heterocycles. The lowest BCUT2D eigenvalue weighted by Crippen LogP contribution is -2.37. The second-order valence-electron chi connectivity index (χ2n) is 10.7. The van der Waals surface area contributed by atoms with Gasteiger partial charge in [0.25, 0.3) is 0 Å². The molecule has 0 saturated carbocycles. The molecule has 0 amide bonds. The van der Waals surface area contributed by atoms with Crippen molar-refractivity contribution in [3.8, 4) is 0 Å². The second kappa shape index (κ2) is 15.6. The molecule has 182 valence electrons. The van der Waals surface area contributed by atoms with Crippen molar-refractivity contribution < 1.29 is 18.9 Å². The fourth-order valence-corrected chi connectivity index (χ4v) is 3.23. The van der Waals surface area contributed by atoms with Crippen molar-refractivity contribution >= 4 is 0 Å². The lowest BCUT2D eigenvalue weighted by atomic mass is 9.99. The highest BCUT2D eigenvalue weighted by molar-refractivity contribution is 4.75. The molecule has 0 rings (SSSR count). The van der Waals surface area contributed by atoms with Gasteiger partial charge >= 0.3 is 0 Å². The zero-order chi connectivity index (χ0) is 23.2. The summed E-state index contributed by atoms with van der Waals surface area (Å²) >= 11 is 0. The Morgan fingerprint density at radius 3 is 1.70 bits per heavy atom. The molecule has 2 unspecified atom stereocenters. The minimum absolute atomic E-state index is 0.112. The highest BCUT2D eigenvalue weighted by Gasteiger charge is 2.27. The van der Waals surface area contributed by atoms with E-state index in [9.17, 15) is 0 Å². The van der Waals surface area contributed by atoms with Crippen molar-refractivity contribution in [2.45, 2.75) is 144 Å². The molecule has 0 spiro atoms. The van der Waals surface area contributed by atoms with Crippen LogP contribution in [0.25, 0.3) is 0 Å². The third kappa shape index (κ3) is 17.5. The summed E-state index contributed by atoms with van der Waals surface area (Å²) in [4.78, 5) is 0. The number of unbranched alkanes of at least 4 members (excludes halogenated alkanes) is 1. The molecule has 0 aromatic rings. The Kier molecular flexibility index (Phi) is 15.5. The normalized spacial score (nSPS) is 15.2. The minimum Gasteiger partial charge on any atom is -0.379 e. The zero-order valence-electron chi connectivity index (χ0n) is 22.0. The molecule has 2 atom stereocenters. The molecule has 30 heavy (non-hydrogen) atoms. The Balaban J connectivity index is 4.68. The third-order valence-electron chi connectivity index (χ3n) is 5.63. The molecule has 0 aromatic carbocycles. The molecule has 0 aromatic heterocycles. The topological polar surface area (TPSA) is 36.9 Å². The summed E-state index contributed by atoms with van der Waals surface area (Å²) in [7, 11) is 0. The highest BCUT2D eigenvalue weighted by atomic mass is 16.6. The molecule has 4 nitrogen and oxygen atoms in total. The first-order valence-electron chi connectivity index (χ1n) is 12.4. The van der Waals surface area contributed by atoms with Gasteiger partial charge in [-0.25, -0.2) is 0 Å². The lowest BCUT2D eigenvalue weighted by Gasteiger charge is -2.34. The largest absolute Gasteiger partial charge is 0.379 e. The average Bonchev–Trinajstić information content (AvgIpc) is 2.61. The Bertz CT molecular complexity index is 404. The van der Waals surface area contributed by atoms with E-state index >= 15 is 0 Å². The number of rotatable bonds is 19. The van der Waals surface area contributed by atoms with Gasteiger partial charge in [-0.15, -0.1) is 0 Å². The Morgan fingerprint density at radius 1 is 0.700 bits per heavy atom. The summed E-state index contributed by atoms with van der Waals surface area (Å²) in [5, 5.41) is 0. The number of hydrogen-bond donors (Lipinski definition) is 0. The van der Waals surface area contributed by atoms with Gasteiger partial charge in [0.05, 0.1) is 36.1 Å². The van der Waals surface area contributed by atoms with Crippen molar-refractivity contribution in [3.63, 3.8) is 0 Å². The van der Waals surface area contributed by atoms with Crippen LogP contribution in [0.5, 0.6) is 0 Å². The van der Waals surface area contributed by atoms with Gasteiger partial charge in [-0.1, -0.05) is 39.5 Å². The lowest BCUT2D eigenvalue weighted by molar-refractivity contribution is -0.143. The van der Waals surface area contributed by atoms with Crippen LogP contribution in [0, 0.1) is 5.92 Å². The van der Waals surface area contributed by atoms with E-state index in [-0.39, 0.29) is 29.5 Å². The smallest absolute Gasteiger partial charge is 0.0816 e. The van der Waals surface area contributed by atoms with Gasteiger partial charge in [-0.05, 0) is 80.6 Å². The fourth-order valence-electron chi connectivity index (χ4n) is 3.23. The zero-order valence-corrected chi connectivity index (χ0v) is 22.0. The predicted octanol–water partition coefficient (Wildman–Crippen LogP) is 7.18. The Morgan fingerprint density at radius 2 is 1.20 bits per heavy atom. The minimum atomic E-state index is -0.218. The van der Waals surface area contributed by atoms with Crippen LogP contribution < -0.4 is 0 Å². The first-order valence-corrected chi connectivity index (χ1v) is 12.4. The number of ether oxygens (including phenoxy) is 4. The van der Waals surface area contributed by atoms with Gasteiger partial charge in [0.1, 0.15) is 0 Å². The molecule has 0 saturated heterocycles. The van der Waals surface area contributed by atoms with E-state index in [2.05, 4.69) is 69.2 Å². The molecule has 0 N–H and O–H groups in total. The van der Waals surface area contributed by atoms with Crippen LogP contribution >= 0.6 is 0 Å². The van der Waals surface area contributed by atoms with Gasteiger partial charge < -0.3 is 18.9 Å². The quantitative estimate of drug-likeness (QED) is 0.203. The van der Waals surface area contributed by atoms with Crippen molar-refractivity contribution in [3.05, 3.63) is 0 Å². The third-order valence-corrected chi connectivity index (χ3v) is 5.63. The molecule has 0 aliphatic rings. The highest BCUT2D eigenvalue weighted by Crippen LogP contribution is 2.24. The van der Waals surface area contributed by atoms with Gasteiger partial charge in [0.2, 0.25) is 0 Å². The first kappa shape index (κ1) is 29.8. The van der Waals surface area contributed by atoms with Crippen LogP contribution in [0.4, 0.5) is 0 Å².